The quantitative estimate of drug-likeness (QED) is 0.178. The highest BCUT2D eigenvalue weighted by atomic mass is 79.9. The molecule has 0 aliphatic rings. The maximum Gasteiger partial charge on any atom is 0.344 e. The molecule has 0 aromatic heterocycles. The van der Waals surface area contributed by atoms with Gasteiger partial charge in [0.15, 0.2) is 0 Å². The van der Waals surface area contributed by atoms with Gasteiger partial charge in [-0.15, -0.1) is 0 Å². The van der Waals surface area contributed by atoms with Gasteiger partial charge in [0.25, 0.3) is 5.69 Å². The van der Waals surface area contributed by atoms with Gasteiger partial charge in [0.1, 0.15) is 5.75 Å². The fourth-order valence-corrected chi connectivity index (χ4v) is 3.00. The SMILES string of the molecule is O=C(Cc1ccc([N+](=O)[O-])cc1)N/N=C\c1ccc(OC(=O)c2ccccc2Br)cc1. The smallest absolute Gasteiger partial charge is 0.344 e. The zero-order valence-corrected chi connectivity index (χ0v) is 17.6. The molecule has 0 heterocycles. The Hall–Kier alpha value is -3.85. The minimum Gasteiger partial charge on any atom is -0.423 e. The lowest BCUT2D eigenvalue weighted by Crippen LogP contribution is -2.19. The van der Waals surface area contributed by atoms with E-state index in [2.05, 4.69) is 26.5 Å². The normalized spacial score (nSPS) is 10.6. The lowest BCUT2D eigenvalue weighted by molar-refractivity contribution is -0.384. The summed E-state index contributed by atoms with van der Waals surface area (Å²) in [6.45, 7) is 0. The Balaban J connectivity index is 1.51. The monoisotopic (exact) mass is 481 g/mol. The molecule has 9 heteroatoms. The van der Waals surface area contributed by atoms with Crippen molar-refractivity contribution >= 4 is 39.7 Å². The van der Waals surface area contributed by atoms with E-state index in [4.69, 9.17) is 4.74 Å². The predicted octanol–water partition coefficient (Wildman–Crippen LogP) is 4.27. The second kappa shape index (κ2) is 10.3. The summed E-state index contributed by atoms with van der Waals surface area (Å²) in [5.41, 5.74) is 4.11. The van der Waals surface area contributed by atoms with Gasteiger partial charge >= 0.3 is 5.97 Å². The van der Waals surface area contributed by atoms with Crippen LogP contribution in [0.1, 0.15) is 21.5 Å². The molecule has 0 saturated carbocycles. The third kappa shape index (κ3) is 6.31. The van der Waals surface area contributed by atoms with Gasteiger partial charge in [-0.25, -0.2) is 10.2 Å². The van der Waals surface area contributed by atoms with E-state index in [0.717, 1.165) is 0 Å². The maximum atomic E-state index is 12.2. The minimum absolute atomic E-state index is 0.0345. The Morgan fingerprint density at radius 1 is 1.03 bits per heavy atom. The molecule has 0 atom stereocenters. The zero-order valence-electron chi connectivity index (χ0n) is 16.0. The van der Waals surface area contributed by atoms with Crippen LogP contribution in [-0.2, 0) is 11.2 Å². The number of nitro groups is 1. The van der Waals surface area contributed by atoms with Crippen LogP contribution in [0.5, 0.6) is 5.75 Å². The summed E-state index contributed by atoms with van der Waals surface area (Å²) in [6.07, 6.45) is 1.49. The third-order valence-electron chi connectivity index (χ3n) is 4.10. The Morgan fingerprint density at radius 3 is 2.35 bits per heavy atom. The van der Waals surface area contributed by atoms with Gasteiger partial charge in [0.2, 0.25) is 5.91 Å². The molecule has 31 heavy (non-hydrogen) atoms. The maximum absolute atomic E-state index is 12.2. The van der Waals surface area contributed by atoms with Crippen LogP contribution >= 0.6 is 15.9 Å². The fraction of sp³-hybridized carbons (Fsp3) is 0.0455. The Kier molecular flexibility index (Phi) is 7.23. The highest BCUT2D eigenvalue weighted by molar-refractivity contribution is 9.10. The third-order valence-corrected chi connectivity index (χ3v) is 4.79. The van der Waals surface area contributed by atoms with E-state index >= 15 is 0 Å². The Morgan fingerprint density at radius 2 is 1.71 bits per heavy atom. The van der Waals surface area contributed by atoms with Crippen molar-refractivity contribution in [1.82, 2.24) is 5.43 Å². The van der Waals surface area contributed by atoms with E-state index in [-0.39, 0.29) is 18.0 Å². The molecule has 0 radical (unpaired) electrons. The van der Waals surface area contributed by atoms with E-state index in [1.165, 1.54) is 30.5 Å². The van der Waals surface area contributed by atoms with Gasteiger partial charge in [-0.3, -0.25) is 14.9 Å². The van der Waals surface area contributed by atoms with Crippen LogP contribution in [0, 0.1) is 10.1 Å². The van der Waals surface area contributed by atoms with Crippen LogP contribution in [0.2, 0.25) is 0 Å². The minimum atomic E-state index is -0.499. The number of ether oxygens (including phenoxy) is 1. The number of hydrazone groups is 1. The van der Waals surface area contributed by atoms with Gasteiger partial charge in [-0.1, -0.05) is 24.3 Å². The number of carbonyl (C=O) groups is 2. The number of esters is 1. The number of non-ortho nitro benzene ring substituents is 1. The van der Waals surface area contributed by atoms with Crippen LogP contribution in [0.15, 0.2) is 82.4 Å². The van der Waals surface area contributed by atoms with Crippen molar-refractivity contribution in [3.05, 3.63) is 104 Å². The van der Waals surface area contributed by atoms with E-state index < -0.39 is 10.9 Å². The van der Waals surface area contributed by atoms with E-state index in [1.807, 2.05) is 0 Å². The number of benzene rings is 3. The van der Waals surface area contributed by atoms with Gasteiger partial charge in [-0.2, -0.15) is 5.10 Å². The topological polar surface area (TPSA) is 111 Å². The lowest BCUT2D eigenvalue weighted by Gasteiger charge is -2.06. The molecule has 8 nitrogen and oxygen atoms in total. The van der Waals surface area contributed by atoms with Gasteiger partial charge < -0.3 is 4.74 Å². The van der Waals surface area contributed by atoms with Crippen molar-refractivity contribution < 1.29 is 19.2 Å². The summed E-state index contributed by atoms with van der Waals surface area (Å²) in [5, 5.41) is 14.5. The van der Waals surface area contributed by atoms with E-state index in [0.29, 0.717) is 26.9 Å². The molecule has 0 bridgehead atoms. The number of hydrogen-bond acceptors (Lipinski definition) is 6. The highest BCUT2D eigenvalue weighted by Crippen LogP contribution is 2.19. The van der Waals surface area contributed by atoms with Crippen LogP contribution in [0.4, 0.5) is 5.69 Å². The van der Waals surface area contributed by atoms with Crippen molar-refractivity contribution in [2.75, 3.05) is 0 Å². The standard InChI is InChI=1S/C22H16BrN3O5/c23-20-4-2-1-3-19(20)22(28)31-18-11-7-16(8-12-18)14-24-25-21(27)13-15-5-9-17(10-6-15)26(29)30/h1-12,14H,13H2,(H,25,27)/b24-14-. The van der Waals surface area contributed by atoms with E-state index in [1.54, 1.807) is 48.5 Å². The number of nitrogens with one attached hydrogen (secondary N) is 1. The van der Waals surface area contributed by atoms with E-state index in [9.17, 15) is 19.7 Å². The summed E-state index contributed by atoms with van der Waals surface area (Å²) < 4.78 is 5.99. The number of amides is 1. The van der Waals surface area contributed by atoms with Crippen molar-refractivity contribution in [1.29, 1.82) is 0 Å². The second-order valence-corrected chi connectivity index (χ2v) is 7.19. The molecular formula is C22H16BrN3O5. The molecule has 3 rings (SSSR count). The molecule has 0 aliphatic carbocycles. The zero-order chi connectivity index (χ0) is 22.2. The molecule has 0 fully saturated rings. The molecule has 1 N–H and O–H groups in total. The molecule has 156 valence electrons. The lowest BCUT2D eigenvalue weighted by atomic mass is 10.1. The van der Waals surface area contributed by atoms with Gasteiger partial charge in [0, 0.05) is 16.6 Å². The first-order valence-corrected chi connectivity index (χ1v) is 9.83. The molecule has 0 aliphatic heterocycles. The Bertz CT molecular complexity index is 1130. The molecule has 3 aromatic carbocycles. The molecule has 1 amide bonds. The van der Waals surface area contributed by atoms with Crippen molar-refractivity contribution in [3.63, 3.8) is 0 Å². The number of carbonyl (C=O) groups excluding carboxylic acids is 2. The number of halogens is 1. The van der Waals surface area contributed by atoms with Crippen molar-refractivity contribution in [2.45, 2.75) is 6.42 Å². The summed E-state index contributed by atoms with van der Waals surface area (Å²) in [5.74, 6) is -0.461. The molecule has 0 spiro atoms. The molecule has 3 aromatic rings. The molecular weight excluding hydrogens is 466 g/mol. The average molecular weight is 482 g/mol. The van der Waals surface area contributed by atoms with Crippen LogP contribution < -0.4 is 10.2 Å². The first kappa shape index (κ1) is 21.8. The van der Waals surface area contributed by atoms with Crippen LogP contribution in [-0.4, -0.2) is 23.0 Å². The van der Waals surface area contributed by atoms with Gasteiger partial charge in [0.05, 0.1) is 23.1 Å². The Labute approximate surface area is 185 Å². The van der Waals surface area contributed by atoms with Crippen LogP contribution in [0.25, 0.3) is 0 Å². The number of nitrogens with zero attached hydrogens (tertiary/aromatic N) is 2. The fourth-order valence-electron chi connectivity index (χ4n) is 2.55. The first-order chi connectivity index (χ1) is 14.9. The van der Waals surface area contributed by atoms with Gasteiger partial charge in [-0.05, 0) is 63.5 Å². The summed E-state index contributed by atoms with van der Waals surface area (Å²) >= 11 is 3.31. The summed E-state index contributed by atoms with van der Waals surface area (Å²) in [4.78, 5) is 34.3. The van der Waals surface area contributed by atoms with Crippen LogP contribution in [0.3, 0.4) is 0 Å². The molecule has 0 saturated heterocycles. The molecule has 0 unspecified atom stereocenters. The summed E-state index contributed by atoms with van der Waals surface area (Å²) in [7, 11) is 0. The predicted molar refractivity (Wildman–Crippen MR) is 118 cm³/mol. The largest absolute Gasteiger partial charge is 0.423 e. The number of hydrogen-bond donors (Lipinski definition) is 1. The van der Waals surface area contributed by atoms with Crippen molar-refractivity contribution in [2.24, 2.45) is 5.10 Å². The summed E-state index contributed by atoms with van der Waals surface area (Å²) in [6, 6.07) is 19.3. The number of rotatable bonds is 7. The average Bonchev–Trinajstić information content (AvgIpc) is 2.75. The second-order valence-electron chi connectivity index (χ2n) is 6.33. The number of nitro benzene ring substituents is 1. The highest BCUT2D eigenvalue weighted by Gasteiger charge is 2.11. The van der Waals surface area contributed by atoms with Crippen molar-refractivity contribution in [3.8, 4) is 5.75 Å². The first-order valence-electron chi connectivity index (χ1n) is 9.04.